The lowest BCUT2D eigenvalue weighted by molar-refractivity contribution is 0.0576. The summed E-state index contributed by atoms with van der Waals surface area (Å²) in [6.07, 6.45) is 5.13. The molecule has 0 aromatic heterocycles. The van der Waals surface area contributed by atoms with E-state index in [4.69, 9.17) is 4.74 Å². The molecule has 0 bridgehead atoms. The van der Waals surface area contributed by atoms with E-state index in [-0.39, 0.29) is 0 Å². The van der Waals surface area contributed by atoms with Crippen molar-refractivity contribution in [2.45, 2.75) is 52.5 Å². The third-order valence-corrected chi connectivity index (χ3v) is 3.62. The molecule has 2 nitrogen and oxygen atoms in total. The first-order valence-electron chi connectivity index (χ1n) is 6.55. The van der Waals surface area contributed by atoms with Crippen molar-refractivity contribution in [2.75, 3.05) is 19.8 Å². The summed E-state index contributed by atoms with van der Waals surface area (Å²) in [6.45, 7) is 10.0. The quantitative estimate of drug-likeness (QED) is 0.732. The van der Waals surface area contributed by atoms with Crippen LogP contribution in [0.2, 0.25) is 0 Å². The molecule has 1 aliphatic heterocycles. The molecule has 0 spiro atoms. The average molecular weight is 213 g/mol. The standard InChI is InChI=1S/C13H27NO/c1-4-7-14-12(3)11(2)10-13-5-8-15-9-6-13/h11-14H,4-10H2,1-3H3. The van der Waals surface area contributed by atoms with Crippen molar-refractivity contribution < 1.29 is 4.74 Å². The van der Waals surface area contributed by atoms with Crippen molar-refractivity contribution in [3.63, 3.8) is 0 Å². The maximum Gasteiger partial charge on any atom is 0.0468 e. The van der Waals surface area contributed by atoms with Gasteiger partial charge < -0.3 is 10.1 Å². The molecule has 0 aliphatic carbocycles. The molecule has 1 fully saturated rings. The lowest BCUT2D eigenvalue weighted by Gasteiger charge is -2.28. The molecular weight excluding hydrogens is 186 g/mol. The van der Waals surface area contributed by atoms with Crippen molar-refractivity contribution in [2.24, 2.45) is 11.8 Å². The maximum atomic E-state index is 5.39. The summed E-state index contributed by atoms with van der Waals surface area (Å²) in [7, 11) is 0. The predicted octanol–water partition coefficient (Wildman–Crippen LogP) is 2.83. The van der Waals surface area contributed by atoms with Crippen molar-refractivity contribution >= 4 is 0 Å². The van der Waals surface area contributed by atoms with Crippen LogP contribution in [0.1, 0.15) is 46.5 Å². The van der Waals surface area contributed by atoms with E-state index in [1.807, 2.05) is 0 Å². The Balaban J connectivity index is 2.17. The number of ether oxygens (including phenoxy) is 1. The van der Waals surface area contributed by atoms with Crippen molar-refractivity contribution in [3.05, 3.63) is 0 Å². The summed E-state index contributed by atoms with van der Waals surface area (Å²) in [6, 6.07) is 0.660. The normalized spacial score (nSPS) is 22.6. The molecule has 1 aliphatic rings. The molecule has 0 aromatic carbocycles. The summed E-state index contributed by atoms with van der Waals surface area (Å²) >= 11 is 0. The van der Waals surface area contributed by atoms with Gasteiger partial charge in [0.25, 0.3) is 0 Å². The fraction of sp³-hybridized carbons (Fsp3) is 1.00. The van der Waals surface area contributed by atoms with Gasteiger partial charge in [-0.2, -0.15) is 0 Å². The molecule has 1 N–H and O–H groups in total. The molecule has 0 amide bonds. The molecule has 2 heteroatoms. The molecular formula is C13H27NO. The van der Waals surface area contributed by atoms with Crippen LogP contribution in [0.25, 0.3) is 0 Å². The Labute approximate surface area is 94.8 Å². The van der Waals surface area contributed by atoms with Crippen molar-refractivity contribution in [3.8, 4) is 0 Å². The predicted molar refractivity (Wildman–Crippen MR) is 65.1 cm³/mol. The van der Waals surface area contributed by atoms with Gasteiger partial charge in [0.1, 0.15) is 0 Å². The first-order chi connectivity index (χ1) is 7.24. The third-order valence-electron chi connectivity index (χ3n) is 3.62. The zero-order chi connectivity index (χ0) is 11.1. The monoisotopic (exact) mass is 213 g/mol. The Morgan fingerprint density at radius 2 is 1.93 bits per heavy atom. The summed E-state index contributed by atoms with van der Waals surface area (Å²) in [4.78, 5) is 0. The molecule has 0 aromatic rings. The molecule has 1 rings (SSSR count). The van der Waals surface area contributed by atoms with Crippen LogP contribution in [-0.4, -0.2) is 25.8 Å². The lowest BCUT2D eigenvalue weighted by atomic mass is 9.86. The Morgan fingerprint density at radius 3 is 2.53 bits per heavy atom. The molecule has 0 saturated carbocycles. The highest BCUT2D eigenvalue weighted by molar-refractivity contribution is 4.73. The Hall–Kier alpha value is -0.0800. The number of hydrogen-bond acceptors (Lipinski definition) is 2. The van der Waals surface area contributed by atoms with Crippen LogP contribution in [0.3, 0.4) is 0 Å². The zero-order valence-electron chi connectivity index (χ0n) is 10.6. The van der Waals surface area contributed by atoms with Gasteiger partial charge in [-0.1, -0.05) is 13.8 Å². The van der Waals surface area contributed by atoms with Crippen LogP contribution in [0.15, 0.2) is 0 Å². The largest absolute Gasteiger partial charge is 0.381 e. The van der Waals surface area contributed by atoms with Crippen molar-refractivity contribution in [1.29, 1.82) is 0 Å². The van der Waals surface area contributed by atoms with E-state index >= 15 is 0 Å². The number of hydrogen-bond donors (Lipinski definition) is 1. The summed E-state index contributed by atoms with van der Waals surface area (Å²) in [5.74, 6) is 1.69. The van der Waals surface area contributed by atoms with Crippen LogP contribution < -0.4 is 5.32 Å². The topological polar surface area (TPSA) is 21.3 Å². The molecule has 1 heterocycles. The molecule has 15 heavy (non-hydrogen) atoms. The lowest BCUT2D eigenvalue weighted by Crippen LogP contribution is -2.34. The average Bonchev–Trinajstić information content (AvgIpc) is 2.27. The minimum absolute atomic E-state index is 0.660. The SMILES string of the molecule is CCCNC(C)C(C)CC1CCOCC1. The highest BCUT2D eigenvalue weighted by Gasteiger charge is 2.19. The van der Waals surface area contributed by atoms with E-state index in [9.17, 15) is 0 Å². The minimum atomic E-state index is 0.660. The van der Waals surface area contributed by atoms with Gasteiger partial charge in [0, 0.05) is 19.3 Å². The van der Waals surface area contributed by atoms with Gasteiger partial charge in [-0.25, -0.2) is 0 Å². The highest BCUT2D eigenvalue weighted by Crippen LogP contribution is 2.24. The van der Waals surface area contributed by atoms with Crippen LogP contribution in [0.4, 0.5) is 0 Å². The fourth-order valence-electron chi connectivity index (χ4n) is 2.29. The molecule has 2 atom stereocenters. The van der Waals surface area contributed by atoms with Gasteiger partial charge >= 0.3 is 0 Å². The van der Waals surface area contributed by atoms with Crippen LogP contribution in [0, 0.1) is 11.8 Å². The third kappa shape index (κ3) is 4.98. The Morgan fingerprint density at radius 1 is 1.27 bits per heavy atom. The van der Waals surface area contributed by atoms with Gasteiger partial charge in [-0.3, -0.25) is 0 Å². The van der Waals surface area contributed by atoms with E-state index in [2.05, 4.69) is 26.1 Å². The van der Waals surface area contributed by atoms with Gasteiger partial charge in [0.15, 0.2) is 0 Å². The molecule has 90 valence electrons. The molecule has 0 radical (unpaired) electrons. The van der Waals surface area contributed by atoms with Gasteiger partial charge in [-0.05, 0) is 51.0 Å². The van der Waals surface area contributed by atoms with Crippen LogP contribution >= 0.6 is 0 Å². The van der Waals surface area contributed by atoms with E-state index in [0.717, 1.165) is 31.6 Å². The zero-order valence-corrected chi connectivity index (χ0v) is 10.6. The number of nitrogens with one attached hydrogen (secondary N) is 1. The second-order valence-corrected chi connectivity index (χ2v) is 5.01. The summed E-state index contributed by atoms with van der Waals surface area (Å²) in [5, 5.41) is 3.59. The second-order valence-electron chi connectivity index (χ2n) is 5.01. The first kappa shape index (κ1) is 13.0. The van der Waals surface area contributed by atoms with E-state index in [1.54, 1.807) is 0 Å². The van der Waals surface area contributed by atoms with Crippen LogP contribution in [-0.2, 0) is 4.74 Å². The van der Waals surface area contributed by atoms with E-state index < -0.39 is 0 Å². The highest BCUT2D eigenvalue weighted by atomic mass is 16.5. The maximum absolute atomic E-state index is 5.39. The summed E-state index contributed by atoms with van der Waals surface area (Å²) < 4.78 is 5.39. The van der Waals surface area contributed by atoms with Crippen molar-refractivity contribution in [1.82, 2.24) is 5.32 Å². The van der Waals surface area contributed by atoms with Gasteiger partial charge in [0.2, 0.25) is 0 Å². The minimum Gasteiger partial charge on any atom is -0.381 e. The second kappa shape index (κ2) is 7.24. The number of rotatable bonds is 6. The van der Waals surface area contributed by atoms with Gasteiger partial charge in [0.05, 0.1) is 0 Å². The first-order valence-corrected chi connectivity index (χ1v) is 6.55. The Bertz CT molecular complexity index is 155. The van der Waals surface area contributed by atoms with Gasteiger partial charge in [-0.15, -0.1) is 0 Å². The van der Waals surface area contributed by atoms with Crippen LogP contribution in [0.5, 0.6) is 0 Å². The van der Waals surface area contributed by atoms with E-state index in [1.165, 1.54) is 25.7 Å². The smallest absolute Gasteiger partial charge is 0.0468 e. The molecule has 2 unspecified atom stereocenters. The Kier molecular flexibility index (Phi) is 6.26. The summed E-state index contributed by atoms with van der Waals surface area (Å²) in [5.41, 5.74) is 0. The van der Waals surface area contributed by atoms with E-state index in [0.29, 0.717) is 6.04 Å². The molecule has 1 saturated heterocycles. The fourth-order valence-corrected chi connectivity index (χ4v) is 2.29.